The molecule has 10 heteroatoms. The summed E-state index contributed by atoms with van der Waals surface area (Å²) in [5, 5.41) is 6.86. The highest BCUT2D eigenvalue weighted by Gasteiger charge is 2.25. The van der Waals surface area contributed by atoms with Gasteiger partial charge in [-0.15, -0.1) is 0 Å². The van der Waals surface area contributed by atoms with E-state index in [-0.39, 0.29) is 11.8 Å². The molecule has 8 nitrogen and oxygen atoms in total. The number of rotatable bonds is 4. The molecule has 1 saturated heterocycles. The van der Waals surface area contributed by atoms with Gasteiger partial charge in [-0.25, -0.2) is 19.2 Å². The number of likely N-dealkylation sites (tertiary alicyclic amines) is 1. The number of fused-ring (bicyclic) bond motifs is 1. The standard InChI is InChI=1S/C26H27ClFN5O3/c1-26(2,3)36-25(35)33-9-7-16(8-10-33)11-23(34)32-22-13-19-21(14-20(22)28)29-15-30-24(19)31-18-6-4-5-17(27)12-18/h4-6,11-15H,7-10H2,1-3H3,(H,32,34)(H,29,30,31). The SMILES string of the molecule is CC(C)(C)OC(=O)N1CCC(=CC(=O)Nc2cc3c(Nc4cccc(Cl)c4)ncnc3cc2F)CC1. The summed E-state index contributed by atoms with van der Waals surface area (Å²) in [6.07, 6.45) is 3.50. The number of nitrogens with zero attached hydrogens (tertiary/aromatic N) is 3. The fourth-order valence-corrected chi connectivity index (χ4v) is 3.97. The maximum Gasteiger partial charge on any atom is 0.410 e. The summed E-state index contributed by atoms with van der Waals surface area (Å²) in [4.78, 5) is 34.9. The third-order valence-corrected chi connectivity index (χ3v) is 5.70. The molecular formula is C26H27ClFN5O3. The van der Waals surface area contributed by atoms with Gasteiger partial charge in [-0.3, -0.25) is 4.79 Å². The smallest absolute Gasteiger partial charge is 0.410 e. The highest BCUT2D eigenvalue weighted by atomic mass is 35.5. The number of anilines is 3. The van der Waals surface area contributed by atoms with Crippen molar-refractivity contribution in [3.63, 3.8) is 0 Å². The Labute approximate surface area is 213 Å². The second-order valence-corrected chi connectivity index (χ2v) is 9.90. The lowest BCUT2D eigenvalue weighted by Gasteiger charge is -2.30. The molecule has 4 rings (SSSR count). The van der Waals surface area contributed by atoms with E-state index in [2.05, 4.69) is 20.6 Å². The molecule has 2 aromatic carbocycles. The largest absolute Gasteiger partial charge is 0.444 e. The average molecular weight is 512 g/mol. The van der Waals surface area contributed by atoms with Gasteiger partial charge in [-0.1, -0.05) is 23.2 Å². The molecule has 0 atom stereocenters. The van der Waals surface area contributed by atoms with Crippen LogP contribution in [-0.4, -0.2) is 45.6 Å². The van der Waals surface area contributed by atoms with Crippen LogP contribution in [0.2, 0.25) is 5.02 Å². The van der Waals surface area contributed by atoms with E-state index in [4.69, 9.17) is 16.3 Å². The minimum atomic E-state index is -0.610. The van der Waals surface area contributed by atoms with Crippen LogP contribution in [0.15, 0.2) is 54.4 Å². The first-order valence-corrected chi connectivity index (χ1v) is 11.9. The fraction of sp³-hybridized carbons (Fsp3) is 0.308. The van der Waals surface area contributed by atoms with Crippen LogP contribution in [0.5, 0.6) is 0 Å². The number of hydrogen-bond donors (Lipinski definition) is 2. The average Bonchev–Trinajstić information content (AvgIpc) is 2.79. The van der Waals surface area contributed by atoms with Gasteiger partial charge in [0.05, 0.1) is 11.2 Å². The molecule has 0 aliphatic carbocycles. The Morgan fingerprint density at radius 2 is 1.89 bits per heavy atom. The Hall–Kier alpha value is -3.72. The van der Waals surface area contributed by atoms with Crippen LogP contribution < -0.4 is 10.6 Å². The molecule has 3 aromatic rings. The molecule has 0 spiro atoms. The number of piperidine rings is 1. The fourth-order valence-electron chi connectivity index (χ4n) is 3.78. The van der Waals surface area contributed by atoms with Gasteiger partial charge in [-0.05, 0) is 57.9 Å². The normalized spacial score (nSPS) is 13.9. The molecule has 1 aromatic heterocycles. The van der Waals surface area contributed by atoms with Gasteiger partial charge in [0.2, 0.25) is 5.91 Å². The summed E-state index contributed by atoms with van der Waals surface area (Å²) in [6.45, 7) is 6.36. The number of benzene rings is 2. The predicted molar refractivity (Wildman–Crippen MR) is 138 cm³/mol. The highest BCUT2D eigenvalue weighted by molar-refractivity contribution is 6.30. The van der Waals surface area contributed by atoms with E-state index < -0.39 is 17.3 Å². The van der Waals surface area contributed by atoms with Crippen molar-refractivity contribution in [2.75, 3.05) is 23.7 Å². The maximum atomic E-state index is 14.8. The van der Waals surface area contributed by atoms with Crippen molar-refractivity contribution < 1.29 is 18.7 Å². The van der Waals surface area contributed by atoms with Crippen LogP contribution in [0.4, 0.5) is 26.4 Å². The summed E-state index contributed by atoms with van der Waals surface area (Å²) in [5.41, 5.74) is 1.42. The zero-order chi connectivity index (χ0) is 25.9. The molecular weight excluding hydrogens is 485 g/mol. The molecule has 0 unspecified atom stereocenters. The van der Waals surface area contributed by atoms with Gasteiger partial charge in [-0.2, -0.15) is 0 Å². The molecule has 36 heavy (non-hydrogen) atoms. The number of aromatic nitrogens is 2. The van der Waals surface area contributed by atoms with Crippen LogP contribution in [-0.2, 0) is 9.53 Å². The molecule has 1 aliphatic rings. The summed E-state index contributed by atoms with van der Waals surface area (Å²) in [5.74, 6) is -0.609. The van der Waals surface area contributed by atoms with Gasteiger partial charge in [0, 0.05) is 41.3 Å². The number of hydrogen-bond acceptors (Lipinski definition) is 6. The first-order chi connectivity index (χ1) is 17.1. The maximum absolute atomic E-state index is 14.8. The monoisotopic (exact) mass is 511 g/mol. The van der Waals surface area contributed by atoms with Crippen LogP contribution in [0.3, 0.4) is 0 Å². The molecule has 2 N–H and O–H groups in total. The number of nitrogens with one attached hydrogen (secondary N) is 2. The van der Waals surface area contributed by atoms with E-state index in [1.807, 2.05) is 26.8 Å². The molecule has 2 heterocycles. The first kappa shape index (κ1) is 25.4. The Bertz CT molecular complexity index is 1330. The van der Waals surface area contributed by atoms with Gasteiger partial charge in [0.25, 0.3) is 0 Å². The molecule has 0 bridgehead atoms. The van der Waals surface area contributed by atoms with E-state index in [0.717, 1.165) is 5.57 Å². The quantitative estimate of drug-likeness (QED) is 0.413. The van der Waals surface area contributed by atoms with Crippen molar-refractivity contribution in [3.8, 4) is 0 Å². The van der Waals surface area contributed by atoms with Crippen molar-refractivity contribution in [1.82, 2.24) is 14.9 Å². The van der Waals surface area contributed by atoms with E-state index in [0.29, 0.717) is 53.4 Å². The van der Waals surface area contributed by atoms with E-state index in [1.54, 1.807) is 23.1 Å². The third kappa shape index (κ3) is 6.48. The summed E-state index contributed by atoms with van der Waals surface area (Å²) < 4.78 is 20.2. The zero-order valence-electron chi connectivity index (χ0n) is 20.3. The number of amides is 2. The Morgan fingerprint density at radius 3 is 2.58 bits per heavy atom. The number of carbonyl (C=O) groups excluding carboxylic acids is 2. The van der Waals surface area contributed by atoms with Crippen LogP contribution in [0, 0.1) is 5.82 Å². The second kappa shape index (κ2) is 10.5. The molecule has 1 fully saturated rings. The van der Waals surface area contributed by atoms with E-state index >= 15 is 0 Å². The van der Waals surface area contributed by atoms with Gasteiger partial charge < -0.3 is 20.3 Å². The van der Waals surface area contributed by atoms with E-state index in [1.165, 1.54) is 24.5 Å². The number of halogens is 2. The summed E-state index contributed by atoms with van der Waals surface area (Å²) >= 11 is 6.06. The Kier molecular flexibility index (Phi) is 7.40. The highest BCUT2D eigenvalue weighted by Crippen LogP contribution is 2.29. The molecule has 2 amide bonds. The molecule has 1 aliphatic heterocycles. The van der Waals surface area contributed by atoms with Gasteiger partial charge in [0.1, 0.15) is 23.6 Å². The molecule has 0 saturated carbocycles. The number of carbonyl (C=O) groups is 2. The predicted octanol–water partition coefficient (Wildman–Crippen LogP) is 6.06. The van der Waals surface area contributed by atoms with Crippen molar-refractivity contribution in [3.05, 3.63) is 65.2 Å². The summed E-state index contributed by atoms with van der Waals surface area (Å²) in [7, 11) is 0. The van der Waals surface area contributed by atoms with Crippen molar-refractivity contribution in [2.24, 2.45) is 0 Å². The lowest BCUT2D eigenvalue weighted by Crippen LogP contribution is -2.40. The van der Waals surface area contributed by atoms with Crippen molar-refractivity contribution in [2.45, 2.75) is 39.2 Å². The zero-order valence-corrected chi connectivity index (χ0v) is 21.0. The van der Waals surface area contributed by atoms with Crippen LogP contribution in [0.1, 0.15) is 33.6 Å². The molecule has 0 radical (unpaired) electrons. The molecule has 188 valence electrons. The minimum absolute atomic E-state index is 0.0134. The third-order valence-electron chi connectivity index (χ3n) is 5.46. The van der Waals surface area contributed by atoms with Gasteiger partial charge >= 0.3 is 6.09 Å². The Morgan fingerprint density at radius 1 is 1.14 bits per heavy atom. The minimum Gasteiger partial charge on any atom is -0.444 e. The van der Waals surface area contributed by atoms with Crippen LogP contribution in [0.25, 0.3) is 10.9 Å². The van der Waals surface area contributed by atoms with E-state index in [9.17, 15) is 14.0 Å². The second-order valence-electron chi connectivity index (χ2n) is 9.47. The van der Waals surface area contributed by atoms with Crippen molar-refractivity contribution in [1.29, 1.82) is 0 Å². The first-order valence-electron chi connectivity index (χ1n) is 11.5. The van der Waals surface area contributed by atoms with Crippen molar-refractivity contribution >= 4 is 51.7 Å². The summed E-state index contributed by atoms with van der Waals surface area (Å²) in [6, 6.07) is 9.87. The van der Waals surface area contributed by atoms with Crippen LogP contribution >= 0.6 is 11.6 Å². The number of ether oxygens (including phenoxy) is 1. The lowest BCUT2D eigenvalue weighted by molar-refractivity contribution is -0.112. The topological polar surface area (TPSA) is 96.5 Å². The Balaban J connectivity index is 1.46. The van der Waals surface area contributed by atoms with Gasteiger partial charge in [0.15, 0.2) is 0 Å². The lowest BCUT2D eigenvalue weighted by atomic mass is 10.0.